The molecule has 1 aromatic heterocycles. The highest BCUT2D eigenvalue weighted by Gasteiger charge is 2.13. The summed E-state index contributed by atoms with van der Waals surface area (Å²) >= 11 is 1.77. The Morgan fingerprint density at radius 1 is 1.67 bits per heavy atom. The second kappa shape index (κ2) is 6.62. The zero-order chi connectivity index (χ0) is 11.1. The fraction of sp³-hybridized carbons (Fsp3) is 0.500. The molecule has 0 fully saturated rings. The van der Waals surface area contributed by atoms with Crippen molar-refractivity contribution in [2.24, 2.45) is 5.84 Å². The third-order valence-electron chi connectivity index (χ3n) is 2.49. The maximum Gasteiger partial charge on any atom is 0.0556 e. The summed E-state index contributed by atoms with van der Waals surface area (Å²) in [4.78, 5) is 1.36. The predicted molar refractivity (Wildman–Crippen MR) is 66.4 cm³/mol. The van der Waals surface area contributed by atoms with Gasteiger partial charge in [-0.15, -0.1) is 23.7 Å². The Labute approximate surface area is 95.9 Å². The van der Waals surface area contributed by atoms with Crippen LogP contribution in [0.1, 0.15) is 42.7 Å². The molecular weight excluding hydrogens is 204 g/mol. The molecule has 0 aliphatic carbocycles. The largest absolute Gasteiger partial charge is 0.271 e. The summed E-state index contributed by atoms with van der Waals surface area (Å²) in [6.45, 7) is 2.17. The van der Waals surface area contributed by atoms with Gasteiger partial charge in [0, 0.05) is 11.3 Å². The van der Waals surface area contributed by atoms with E-state index in [0.717, 1.165) is 25.7 Å². The van der Waals surface area contributed by atoms with Gasteiger partial charge in [0.25, 0.3) is 0 Å². The summed E-state index contributed by atoms with van der Waals surface area (Å²) in [5.41, 5.74) is 4.27. The lowest BCUT2D eigenvalue weighted by atomic mass is 10.0. The molecule has 15 heavy (non-hydrogen) atoms. The Morgan fingerprint density at radius 3 is 3.07 bits per heavy atom. The maximum absolute atomic E-state index is 5.57. The molecule has 0 radical (unpaired) electrons. The van der Waals surface area contributed by atoms with Gasteiger partial charge in [0.2, 0.25) is 0 Å². The summed E-state index contributed by atoms with van der Waals surface area (Å²) < 4.78 is 0. The van der Waals surface area contributed by atoms with Gasteiger partial charge in [-0.05, 0) is 36.3 Å². The Hall–Kier alpha value is -0.820. The van der Waals surface area contributed by atoms with Gasteiger partial charge >= 0.3 is 0 Å². The first-order chi connectivity index (χ1) is 7.33. The molecule has 2 nitrogen and oxygen atoms in total. The Balaban J connectivity index is 2.62. The first-order valence-electron chi connectivity index (χ1n) is 5.29. The van der Waals surface area contributed by atoms with E-state index in [-0.39, 0.29) is 6.04 Å². The first-order valence-corrected chi connectivity index (χ1v) is 6.17. The van der Waals surface area contributed by atoms with Crippen LogP contribution in [0.2, 0.25) is 0 Å². The number of hydrogen-bond acceptors (Lipinski definition) is 3. The van der Waals surface area contributed by atoms with Crippen molar-refractivity contribution >= 4 is 11.3 Å². The zero-order valence-corrected chi connectivity index (χ0v) is 9.94. The molecule has 1 unspecified atom stereocenters. The second-order valence-electron chi connectivity index (χ2n) is 3.48. The number of hydrazine groups is 1. The fourth-order valence-corrected chi connectivity index (χ4v) is 2.74. The van der Waals surface area contributed by atoms with E-state index in [0.29, 0.717) is 0 Å². The predicted octanol–water partition coefficient (Wildman–Crippen LogP) is 2.62. The lowest BCUT2D eigenvalue weighted by Crippen LogP contribution is -2.27. The Morgan fingerprint density at radius 2 is 2.47 bits per heavy atom. The van der Waals surface area contributed by atoms with Gasteiger partial charge in [0.15, 0.2) is 0 Å². The molecule has 0 aromatic carbocycles. The minimum absolute atomic E-state index is 0.258. The number of hydrogen-bond donors (Lipinski definition) is 2. The van der Waals surface area contributed by atoms with E-state index in [9.17, 15) is 0 Å². The van der Waals surface area contributed by atoms with E-state index in [1.165, 1.54) is 10.4 Å². The smallest absolute Gasteiger partial charge is 0.0556 e. The lowest BCUT2D eigenvalue weighted by Gasteiger charge is -2.15. The molecule has 0 spiro atoms. The average Bonchev–Trinajstić information content (AvgIpc) is 2.72. The van der Waals surface area contributed by atoms with Crippen molar-refractivity contribution in [2.45, 2.75) is 38.6 Å². The van der Waals surface area contributed by atoms with Crippen LogP contribution in [0.15, 0.2) is 11.4 Å². The number of thiophene rings is 1. The van der Waals surface area contributed by atoms with Crippen molar-refractivity contribution in [3.63, 3.8) is 0 Å². The SMILES string of the molecule is C#CCCCC(NN)c1sccc1CC. The molecular formula is C12H18N2S. The molecule has 1 heterocycles. The maximum atomic E-state index is 5.57. The zero-order valence-electron chi connectivity index (χ0n) is 9.12. The van der Waals surface area contributed by atoms with Gasteiger partial charge in [-0.1, -0.05) is 6.92 Å². The van der Waals surface area contributed by atoms with Gasteiger partial charge in [-0.3, -0.25) is 11.3 Å². The molecule has 0 aliphatic rings. The van der Waals surface area contributed by atoms with Crippen LogP contribution in [0.5, 0.6) is 0 Å². The van der Waals surface area contributed by atoms with Gasteiger partial charge < -0.3 is 0 Å². The summed E-state index contributed by atoms with van der Waals surface area (Å²) in [7, 11) is 0. The van der Waals surface area contributed by atoms with Crippen molar-refractivity contribution < 1.29 is 0 Å². The van der Waals surface area contributed by atoms with Crippen LogP contribution in [-0.2, 0) is 6.42 Å². The average molecular weight is 222 g/mol. The van der Waals surface area contributed by atoms with Gasteiger partial charge in [-0.2, -0.15) is 0 Å². The quantitative estimate of drug-likeness (QED) is 0.336. The van der Waals surface area contributed by atoms with Crippen molar-refractivity contribution in [3.05, 3.63) is 21.9 Å². The van der Waals surface area contributed by atoms with Crippen LogP contribution in [0.3, 0.4) is 0 Å². The van der Waals surface area contributed by atoms with Crippen molar-refractivity contribution in [2.75, 3.05) is 0 Å². The monoisotopic (exact) mass is 222 g/mol. The van der Waals surface area contributed by atoms with Crippen LogP contribution in [0.4, 0.5) is 0 Å². The van der Waals surface area contributed by atoms with Crippen molar-refractivity contribution in [1.82, 2.24) is 5.43 Å². The molecule has 0 saturated heterocycles. The van der Waals surface area contributed by atoms with Crippen LogP contribution in [0, 0.1) is 12.3 Å². The Bertz CT molecular complexity index is 325. The third-order valence-corrected chi connectivity index (χ3v) is 3.57. The number of rotatable bonds is 6. The van der Waals surface area contributed by atoms with E-state index in [4.69, 9.17) is 12.3 Å². The highest BCUT2D eigenvalue weighted by Crippen LogP contribution is 2.27. The minimum Gasteiger partial charge on any atom is -0.271 e. The number of terminal acetylenes is 1. The van der Waals surface area contributed by atoms with Crippen LogP contribution < -0.4 is 11.3 Å². The summed E-state index contributed by atoms with van der Waals surface area (Å²) in [6, 6.07) is 2.43. The van der Waals surface area contributed by atoms with E-state index >= 15 is 0 Å². The van der Waals surface area contributed by atoms with E-state index < -0.39 is 0 Å². The van der Waals surface area contributed by atoms with E-state index in [1.807, 2.05) is 0 Å². The normalized spacial score (nSPS) is 12.3. The highest BCUT2D eigenvalue weighted by atomic mass is 32.1. The van der Waals surface area contributed by atoms with Gasteiger partial charge in [-0.25, -0.2) is 0 Å². The number of nitrogens with one attached hydrogen (secondary N) is 1. The number of nitrogens with two attached hydrogens (primary N) is 1. The number of aryl methyl sites for hydroxylation is 1. The molecule has 82 valence electrons. The molecule has 3 heteroatoms. The van der Waals surface area contributed by atoms with E-state index in [1.54, 1.807) is 11.3 Å². The summed E-state index contributed by atoms with van der Waals surface area (Å²) in [5.74, 6) is 8.23. The summed E-state index contributed by atoms with van der Waals surface area (Å²) in [5, 5.41) is 2.12. The minimum atomic E-state index is 0.258. The topological polar surface area (TPSA) is 38.0 Å². The molecule has 0 aliphatic heterocycles. The van der Waals surface area contributed by atoms with Gasteiger partial charge in [0.1, 0.15) is 0 Å². The standard InChI is InChI=1S/C12H18N2S/c1-3-5-6-7-11(14-13)12-10(4-2)8-9-15-12/h1,8-9,11,14H,4-7,13H2,2H3. The molecule has 0 saturated carbocycles. The number of unbranched alkanes of at least 4 members (excludes halogenated alkanes) is 1. The van der Waals surface area contributed by atoms with Gasteiger partial charge in [0.05, 0.1) is 6.04 Å². The molecule has 1 aromatic rings. The third kappa shape index (κ3) is 3.35. The first kappa shape index (κ1) is 12.3. The Kier molecular flexibility index (Phi) is 5.41. The van der Waals surface area contributed by atoms with Crippen molar-refractivity contribution in [3.8, 4) is 12.3 Å². The molecule has 0 amide bonds. The van der Waals surface area contributed by atoms with Crippen LogP contribution >= 0.6 is 11.3 Å². The van der Waals surface area contributed by atoms with Crippen LogP contribution in [0.25, 0.3) is 0 Å². The highest BCUT2D eigenvalue weighted by molar-refractivity contribution is 7.10. The molecule has 3 N–H and O–H groups in total. The van der Waals surface area contributed by atoms with Crippen molar-refractivity contribution in [1.29, 1.82) is 0 Å². The summed E-state index contributed by atoms with van der Waals surface area (Å²) in [6.07, 6.45) is 9.15. The fourth-order valence-electron chi connectivity index (χ4n) is 1.64. The van der Waals surface area contributed by atoms with Crippen LogP contribution in [-0.4, -0.2) is 0 Å². The molecule has 1 atom stereocenters. The second-order valence-corrected chi connectivity index (χ2v) is 4.43. The molecule has 1 rings (SSSR count). The molecule has 0 bridgehead atoms. The van der Waals surface area contributed by atoms with E-state index in [2.05, 4.69) is 29.7 Å². The lowest BCUT2D eigenvalue weighted by molar-refractivity contribution is 0.507.